The first-order chi connectivity index (χ1) is 12.1. The van der Waals surface area contributed by atoms with Crippen molar-refractivity contribution >= 4 is 33.0 Å². The first-order valence-corrected chi connectivity index (χ1v) is 9.06. The molecule has 1 amide bonds. The Balaban J connectivity index is 1.69. The van der Waals surface area contributed by atoms with E-state index >= 15 is 0 Å². The number of fused-ring (bicyclic) bond motifs is 1. The van der Waals surface area contributed by atoms with E-state index in [4.69, 9.17) is 0 Å². The van der Waals surface area contributed by atoms with Crippen LogP contribution in [0.4, 0.5) is 4.79 Å². The molecule has 1 aromatic heterocycles. The Morgan fingerprint density at radius 1 is 1.12 bits per heavy atom. The van der Waals surface area contributed by atoms with E-state index in [9.17, 15) is 9.59 Å². The average Bonchev–Trinajstić information content (AvgIpc) is 3.08. The molecule has 2 aromatic carbocycles. The fourth-order valence-electron chi connectivity index (χ4n) is 3.37. The third-order valence-corrected chi connectivity index (χ3v) is 5.29. The first kappa shape index (κ1) is 16.0. The molecule has 3 aromatic rings. The molecule has 0 bridgehead atoms. The summed E-state index contributed by atoms with van der Waals surface area (Å²) in [7, 11) is 0. The molecule has 0 aliphatic carbocycles. The summed E-state index contributed by atoms with van der Waals surface area (Å²) in [6, 6.07) is 16.2. The number of hydrogen-bond donors (Lipinski definition) is 1. The minimum Gasteiger partial charge on any atom is -0.343 e. The van der Waals surface area contributed by atoms with Crippen molar-refractivity contribution in [3.63, 3.8) is 0 Å². The van der Waals surface area contributed by atoms with Crippen LogP contribution < -0.4 is 5.32 Å². The van der Waals surface area contributed by atoms with Crippen LogP contribution in [0.5, 0.6) is 0 Å². The van der Waals surface area contributed by atoms with E-state index < -0.39 is 6.04 Å². The zero-order chi connectivity index (χ0) is 17.4. The normalized spacial score (nSPS) is 17.2. The van der Waals surface area contributed by atoms with Crippen molar-refractivity contribution in [1.29, 1.82) is 0 Å². The monoisotopic (exact) mass is 350 g/mol. The van der Waals surface area contributed by atoms with Crippen molar-refractivity contribution in [1.82, 2.24) is 9.88 Å². The number of thioether (sulfide) groups is 1. The quantitative estimate of drug-likeness (QED) is 0.776. The average molecular weight is 350 g/mol. The second-order valence-electron chi connectivity index (χ2n) is 6.40. The number of nitrogens with one attached hydrogen (secondary N) is 1. The summed E-state index contributed by atoms with van der Waals surface area (Å²) in [5.41, 5.74) is 4.71. The molecule has 1 aliphatic rings. The molecule has 1 atom stereocenters. The van der Waals surface area contributed by atoms with Gasteiger partial charge in [0.1, 0.15) is 6.04 Å². The molecule has 1 fully saturated rings. The van der Waals surface area contributed by atoms with Crippen molar-refractivity contribution < 1.29 is 9.59 Å². The maximum Gasteiger partial charge on any atom is 0.287 e. The van der Waals surface area contributed by atoms with Gasteiger partial charge in [-0.25, -0.2) is 0 Å². The Morgan fingerprint density at radius 2 is 1.96 bits per heavy atom. The van der Waals surface area contributed by atoms with Crippen LogP contribution >= 0.6 is 11.8 Å². The molecule has 4 nitrogen and oxygen atoms in total. The van der Waals surface area contributed by atoms with Crippen LogP contribution in [-0.4, -0.2) is 21.0 Å². The Morgan fingerprint density at radius 3 is 2.72 bits per heavy atom. The molecule has 5 heteroatoms. The van der Waals surface area contributed by atoms with Gasteiger partial charge in [0.2, 0.25) is 5.12 Å². The lowest BCUT2D eigenvalue weighted by atomic mass is 10.1. The number of carbonyl (C=O) groups excluding carboxylic acids is 2. The smallest absolute Gasteiger partial charge is 0.287 e. The number of benzene rings is 2. The summed E-state index contributed by atoms with van der Waals surface area (Å²) < 4.78 is 2.22. The van der Waals surface area contributed by atoms with Crippen molar-refractivity contribution in [2.45, 2.75) is 25.9 Å². The third kappa shape index (κ3) is 3.20. The molecule has 1 unspecified atom stereocenters. The van der Waals surface area contributed by atoms with Crippen LogP contribution in [0.3, 0.4) is 0 Å². The maximum absolute atomic E-state index is 11.9. The molecular weight excluding hydrogens is 332 g/mol. The van der Waals surface area contributed by atoms with E-state index in [2.05, 4.69) is 59.4 Å². The summed E-state index contributed by atoms with van der Waals surface area (Å²) in [6.07, 6.45) is 2.63. The van der Waals surface area contributed by atoms with Gasteiger partial charge in [-0.1, -0.05) is 48.0 Å². The van der Waals surface area contributed by atoms with Gasteiger partial charge in [-0.15, -0.1) is 0 Å². The van der Waals surface area contributed by atoms with Gasteiger partial charge < -0.3 is 9.88 Å². The van der Waals surface area contributed by atoms with E-state index in [0.29, 0.717) is 6.42 Å². The van der Waals surface area contributed by atoms with E-state index in [0.717, 1.165) is 34.8 Å². The Labute approximate surface area is 150 Å². The molecular formula is C20H18N2O2S. The highest BCUT2D eigenvalue weighted by molar-refractivity contribution is 8.26. The largest absolute Gasteiger partial charge is 0.343 e. The number of hydrogen-bond acceptors (Lipinski definition) is 3. The van der Waals surface area contributed by atoms with E-state index in [1.165, 1.54) is 11.1 Å². The topological polar surface area (TPSA) is 51.1 Å². The van der Waals surface area contributed by atoms with Gasteiger partial charge in [-0.3, -0.25) is 9.59 Å². The second kappa shape index (κ2) is 6.41. The van der Waals surface area contributed by atoms with E-state index in [1.54, 1.807) is 0 Å². The summed E-state index contributed by atoms with van der Waals surface area (Å²) in [6.45, 7) is 2.87. The third-order valence-electron chi connectivity index (χ3n) is 4.50. The number of rotatable bonds is 4. The Bertz CT molecular complexity index is 977. The van der Waals surface area contributed by atoms with Crippen LogP contribution in [0.1, 0.15) is 16.7 Å². The van der Waals surface area contributed by atoms with Gasteiger partial charge in [0.25, 0.3) is 5.24 Å². The van der Waals surface area contributed by atoms with Gasteiger partial charge in [-0.2, -0.15) is 0 Å². The molecule has 1 aliphatic heterocycles. The van der Waals surface area contributed by atoms with Crippen molar-refractivity contribution in [2.24, 2.45) is 0 Å². The summed E-state index contributed by atoms with van der Waals surface area (Å²) in [5, 5.41) is 3.53. The van der Waals surface area contributed by atoms with Gasteiger partial charge in [0, 0.05) is 41.8 Å². The number of nitrogens with zero attached hydrogens (tertiary/aromatic N) is 1. The Hall–Kier alpha value is -2.53. The van der Waals surface area contributed by atoms with Gasteiger partial charge in [0.15, 0.2) is 0 Å². The van der Waals surface area contributed by atoms with Crippen molar-refractivity contribution in [3.8, 4) is 0 Å². The second-order valence-corrected chi connectivity index (χ2v) is 7.38. The van der Waals surface area contributed by atoms with Crippen LogP contribution in [-0.2, 0) is 17.8 Å². The molecule has 1 saturated heterocycles. The fourth-order valence-corrected chi connectivity index (χ4v) is 4.04. The number of carbonyl (C=O) groups is 2. The predicted octanol–water partition coefficient (Wildman–Crippen LogP) is 3.89. The molecule has 126 valence electrons. The molecule has 0 radical (unpaired) electrons. The number of aromatic nitrogens is 1. The van der Waals surface area contributed by atoms with Gasteiger partial charge in [0.05, 0.1) is 0 Å². The standard InChI is InChI=1S/C20H18N2O2S/c1-13-5-4-6-14(9-13)11-22-12-15(16-7-2-3-8-18(16)22)10-17-19(23)25-20(24)21-17/h2-9,12,17H,10-11H2,1H3,(H,21,24). The minimum absolute atomic E-state index is 0.0967. The Kier molecular flexibility index (Phi) is 4.09. The van der Waals surface area contributed by atoms with Crippen LogP contribution in [0, 0.1) is 6.92 Å². The number of para-hydroxylation sites is 1. The lowest BCUT2D eigenvalue weighted by Crippen LogP contribution is -2.30. The van der Waals surface area contributed by atoms with Crippen molar-refractivity contribution in [2.75, 3.05) is 0 Å². The molecule has 0 spiro atoms. The summed E-state index contributed by atoms with van der Waals surface area (Å²) in [4.78, 5) is 23.4. The summed E-state index contributed by atoms with van der Waals surface area (Å²) in [5.74, 6) is 0. The number of aryl methyl sites for hydroxylation is 1. The van der Waals surface area contributed by atoms with Gasteiger partial charge >= 0.3 is 0 Å². The molecule has 2 heterocycles. The van der Waals surface area contributed by atoms with Crippen LogP contribution in [0.25, 0.3) is 10.9 Å². The molecule has 25 heavy (non-hydrogen) atoms. The highest BCUT2D eigenvalue weighted by Gasteiger charge is 2.31. The lowest BCUT2D eigenvalue weighted by Gasteiger charge is -2.07. The predicted molar refractivity (Wildman–Crippen MR) is 101 cm³/mol. The highest BCUT2D eigenvalue weighted by Crippen LogP contribution is 2.26. The molecule has 1 N–H and O–H groups in total. The maximum atomic E-state index is 11.9. The van der Waals surface area contributed by atoms with E-state index in [1.807, 2.05) is 12.1 Å². The summed E-state index contributed by atoms with van der Waals surface area (Å²) >= 11 is 0.768. The first-order valence-electron chi connectivity index (χ1n) is 8.24. The SMILES string of the molecule is Cc1cccc(Cn2cc(CC3NC(=O)SC3=O)c3ccccc32)c1. The number of amides is 1. The molecule has 4 rings (SSSR count). The van der Waals surface area contributed by atoms with Gasteiger partial charge in [-0.05, 0) is 24.1 Å². The molecule has 0 saturated carbocycles. The highest BCUT2D eigenvalue weighted by atomic mass is 32.2. The van der Waals surface area contributed by atoms with Crippen LogP contribution in [0.15, 0.2) is 54.7 Å². The fraction of sp³-hybridized carbons (Fsp3) is 0.200. The zero-order valence-corrected chi connectivity index (χ0v) is 14.7. The van der Waals surface area contributed by atoms with E-state index in [-0.39, 0.29) is 10.4 Å². The zero-order valence-electron chi connectivity index (χ0n) is 13.9. The van der Waals surface area contributed by atoms with Crippen molar-refractivity contribution in [3.05, 3.63) is 71.4 Å². The lowest BCUT2D eigenvalue weighted by molar-refractivity contribution is -0.112. The van der Waals surface area contributed by atoms with Crippen LogP contribution in [0.2, 0.25) is 0 Å². The minimum atomic E-state index is -0.435.